The molecule has 2 heterocycles. The zero-order valence-corrected chi connectivity index (χ0v) is 15.3. The normalized spacial score (nSPS) is 10.8. The number of nitro groups is 1. The van der Waals surface area contributed by atoms with Gasteiger partial charge in [0.25, 0.3) is 5.91 Å². The van der Waals surface area contributed by atoms with Crippen LogP contribution in [-0.2, 0) is 13.1 Å². The van der Waals surface area contributed by atoms with E-state index >= 15 is 0 Å². The molecule has 2 aromatic heterocycles. The smallest absolute Gasteiger partial charge is 0.320 e. The molecule has 3 aromatic rings. The number of aromatic nitrogens is 4. The number of carbonyl (C=O) groups excluding carboxylic acids is 1. The van der Waals surface area contributed by atoms with Gasteiger partial charge >= 0.3 is 5.69 Å². The lowest BCUT2D eigenvalue weighted by Gasteiger charge is -2.08. The van der Waals surface area contributed by atoms with Gasteiger partial charge in [-0.25, -0.2) is 4.68 Å². The summed E-state index contributed by atoms with van der Waals surface area (Å²) in [6.07, 6.45) is 1.10. The fraction of sp³-hybridized carbons (Fsp3) is 0.278. The van der Waals surface area contributed by atoms with Crippen molar-refractivity contribution < 1.29 is 9.72 Å². The van der Waals surface area contributed by atoms with Crippen LogP contribution in [0, 0.1) is 24.0 Å². The second kappa shape index (κ2) is 7.40. The summed E-state index contributed by atoms with van der Waals surface area (Å²) in [6.45, 7) is 6.14. The summed E-state index contributed by atoms with van der Waals surface area (Å²) in [5, 5.41) is 22.4. The van der Waals surface area contributed by atoms with E-state index in [4.69, 9.17) is 0 Å². The van der Waals surface area contributed by atoms with E-state index in [1.807, 2.05) is 48.9 Å². The van der Waals surface area contributed by atoms with Crippen LogP contribution < -0.4 is 5.32 Å². The summed E-state index contributed by atoms with van der Waals surface area (Å²) in [5.41, 5.74) is 3.14. The zero-order valence-electron chi connectivity index (χ0n) is 15.3. The lowest BCUT2D eigenvalue weighted by atomic mass is 10.2. The largest absolute Gasteiger partial charge is 0.346 e. The molecular formula is C18H20N6O3. The number of carbonyl (C=O) groups is 1. The van der Waals surface area contributed by atoms with E-state index in [9.17, 15) is 14.9 Å². The predicted octanol–water partition coefficient (Wildman–Crippen LogP) is 2.54. The molecule has 0 radical (unpaired) electrons. The summed E-state index contributed by atoms with van der Waals surface area (Å²) in [6, 6.07) is 9.69. The lowest BCUT2D eigenvalue weighted by molar-refractivity contribution is -0.385. The molecule has 0 aliphatic rings. The number of rotatable bonds is 6. The Hall–Kier alpha value is -3.49. The van der Waals surface area contributed by atoms with E-state index in [1.165, 1.54) is 4.68 Å². The van der Waals surface area contributed by atoms with Crippen molar-refractivity contribution in [3.63, 3.8) is 0 Å². The van der Waals surface area contributed by atoms with Crippen LogP contribution in [0.1, 0.15) is 34.4 Å². The minimum Gasteiger partial charge on any atom is -0.346 e. The van der Waals surface area contributed by atoms with Gasteiger partial charge in [-0.1, -0.05) is 18.2 Å². The van der Waals surface area contributed by atoms with Crippen LogP contribution in [-0.4, -0.2) is 30.4 Å². The Labute approximate surface area is 155 Å². The SMILES string of the molecule is CCn1ncc([N+](=O)[O-])c1C(=O)NCc1c(C)nn(-c2ccccc2)c1C. The van der Waals surface area contributed by atoms with E-state index in [1.54, 1.807) is 6.92 Å². The summed E-state index contributed by atoms with van der Waals surface area (Å²) in [4.78, 5) is 23.1. The minimum atomic E-state index is -0.599. The maximum atomic E-state index is 12.6. The Bertz CT molecular complexity index is 990. The number of hydrogen-bond acceptors (Lipinski definition) is 5. The number of para-hydroxylation sites is 1. The van der Waals surface area contributed by atoms with Crippen molar-refractivity contribution in [1.82, 2.24) is 24.9 Å². The first-order valence-corrected chi connectivity index (χ1v) is 8.53. The highest BCUT2D eigenvalue weighted by molar-refractivity contribution is 5.96. The van der Waals surface area contributed by atoms with Crippen molar-refractivity contribution in [2.24, 2.45) is 0 Å². The molecule has 0 spiro atoms. The van der Waals surface area contributed by atoms with Gasteiger partial charge in [0.2, 0.25) is 5.69 Å². The lowest BCUT2D eigenvalue weighted by Crippen LogP contribution is -2.27. The number of hydrogen-bond donors (Lipinski definition) is 1. The van der Waals surface area contributed by atoms with E-state index in [-0.39, 0.29) is 17.9 Å². The third-order valence-corrected chi connectivity index (χ3v) is 4.40. The highest BCUT2D eigenvalue weighted by Gasteiger charge is 2.26. The first kappa shape index (κ1) is 18.3. The molecule has 0 saturated heterocycles. The molecule has 1 amide bonds. The van der Waals surface area contributed by atoms with Gasteiger partial charge in [0.1, 0.15) is 6.20 Å². The molecule has 1 aromatic carbocycles. The van der Waals surface area contributed by atoms with Crippen LogP contribution in [0.2, 0.25) is 0 Å². The second-order valence-electron chi connectivity index (χ2n) is 6.03. The molecule has 140 valence electrons. The Kier molecular flexibility index (Phi) is 5.02. The fourth-order valence-corrected chi connectivity index (χ4v) is 2.99. The van der Waals surface area contributed by atoms with Crippen molar-refractivity contribution in [2.75, 3.05) is 0 Å². The van der Waals surface area contributed by atoms with E-state index in [0.717, 1.165) is 28.8 Å². The standard InChI is InChI=1S/C18H20N6O3/c1-4-22-17(16(11-20-22)24(26)27)18(25)19-10-15-12(2)21-23(13(15)3)14-8-6-5-7-9-14/h5-9,11H,4,10H2,1-3H3,(H,19,25). The van der Waals surface area contributed by atoms with Gasteiger partial charge in [-0.2, -0.15) is 10.2 Å². The van der Waals surface area contributed by atoms with Gasteiger partial charge in [0, 0.05) is 24.3 Å². The highest BCUT2D eigenvalue weighted by atomic mass is 16.6. The molecule has 0 atom stereocenters. The van der Waals surface area contributed by atoms with E-state index < -0.39 is 10.8 Å². The number of nitrogens with one attached hydrogen (secondary N) is 1. The molecule has 0 bridgehead atoms. The van der Waals surface area contributed by atoms with Crippen LogP contribution in [0.4, 0.5) is 5.69 Å². The molecule has 27 heavy (non-hydrogen) atoms. The average molecular weight is 368 g/mol. The third kappa shape index (κ3) is 3.43. The number of benzene rings is 1. The topological polar surface area (TPSA) is 108 Å². The monoisotopic (exact) mass is 368 g/mol. The molecule has 1 N–H and O–H groups in total. The Morgan fingerprint density at radius 2 is 1.96 bits per heavy atom. The number of aryl methyl sites for hydroxylation is 2. The minimum absolute atomic E-state index is 0.0479. The maximum Gasteiger partial charge on any atom is 0.320 e. The van der Waals surface area contributed by atoms with Crippen molar-refractivity contribution in [3.8, 4) is 5.69 Å². The molecule has 0 aliphatic carbocycles. The quantitative estimate of drug-likeness (QED) is 0.531. The van der Waals surface area contributed by atoms with Crippen LogP contribution in [0.25, 0.3) is 5.69 Å². The van der Waals surface area contributed by atoms with Crippen LogP contribution in [0.5, 0.6) is 0 Å². The van der Waals surface area contributed by atoms with E-state index in [2.05, 4.69) is 15.5 Å². The number of amides is 1. The van der Waals surface area contributed by atoms with Gasteiger partial charge < -0.3 is 5.32 Å². The maximum absolute atomic E-state index is 12.6. The van der Waals surface area contributed by atoms with Gasteiger partial charge in [-0.15, -0.1) is 0 Å². The van der Waals surface area contributed by atoms with Crippen LogP contribution in [0.15, 0.2) is 36.5 Å². The summed E-state index contributed by atoms with van der Waals surface area (Å²) in [5.74, 6) is -0.535. The highest BCUT2D eigenvalue weighted by Crippen LogP contribution is 2.20. The molecule has 0 saturated carbocycles. The first-order valence-electron chi connectivity index (χ1n) is 8.53. The zero-order chi connectivity index (χ0) is 19.6. The van der Waals surface area contributed by atoms with Gasteiger partial charge in [0.15, 0.2) is 0 Å². The van der Waals surface area contributed by atoms with Crippen molar-refractivity contribution in [2.45, 2.75) is 33.9 Å². The summed E-state index contributed by atoms with van der Waals surface area (Å²) in [7, 11) is 0. The summed E-state index contributed by atoms with van der Waals surface area (Å²) >= 11 is 0. The van der Waals surface area contributed by atoms with Crippen molar-refractivity contribution >= 4 is 11.6 Å². The fourth-order valence-electron chi connectivity index (χ4n) is 2.99. The van der Waals surface area contributed by atoms with Gasteiger partial charge in [-0.05, 0) is 32.9 Å². The molecule has 3 rings (SSSR count). The molecule has 0 aliphatic heterocycles. The van der Waals surface area contributed by atoms with Crippen molar-refractivity contribution in [3.05, 3.63) is 69.3 Å². The second-order valence-corrected chi connectivity index (χ2v) is 6.03. The van der Waals surface area contributed by atoms with Crippen LogP contribution in [0.3, 0.4) is 0 Å². The van der Waals surface area contributed by atoms with E-state index in [0.29, 0.717) is 6.54 Å². The average Bonchev–Trinajstić information content (AvgIpc) is 3.22. The molecule has 9 nitrogen and oxygen atoms in total. The third-order valence-electron chi connectivity index (χ3n) is 4.40. The Balaban J connectivity index is 1.84. The Morgan fingerprint density at radius 1 is 1.26 bits per heavy atom. The molecular weight excluding hydrogens is 348 g/mol. The Morgan fingerprint density at radius 3 is 2.59 bits per heavy atom. The van der Waals surface area contributed by atoms with Crippen LogP contribution >= 0.6 is 0 Å². The van der Waals surface area contributed by atoms with Gasteiger partial charge in [0.05, 0.1) is 16.3 Å². The van der Waals surface area contributed by atoms with Gasteiger partial charge in [-0.3, -0.25) is 19.6 Å². The first-order chi connectivity index (χ1) is 12.9. The molecule has 0 fully saturated rings. The summed E-state index contributed by atoms with van der Waals surface area (Å²) < 4.78 is 3.14. The van der Waals surface area contributed by atoms with Crippen molar-refractivity contribution in [1.29, 1.82) is 0 Å². The predicted molar refractivity (Wildman–Crippen MR) is 98.8 cm³/mol. The number of nitrogens with zero attached hydrogens (tertiary/aromatic N) is 5. The molecule has 9 heteroatoms. The molecule has 0 unspecified atom stereocenters.